The van der Waals surface area contributed by atoms with Crippen LogP contribution in [-0.2, 0) is 6.54 Å². The van der Waals surface area contributed by atoms with E-state index in [-0.39, 0.29) is 5.54 Å². The number of aryl methyl sites for hydroxylation is 1. The van der Waals surface area contributed by atoms with Crippen molar-refractivity contribution in [3.05, 3.63) is 16.1 Å². The van der Waals surface area contributed by atoms with Crippen LogP contribution in [0.2, 0.25) is 0 Å². The maximum atomic E-state index is 6.13. The monoisotopic (exact) mass is 280 g/mol. The third-order valence-corrected chi connectivity index (χ3v) is 5.50. The number of hydrogen-bond acceptors (Lipinski definition) is 5. The Labute approximate surface area is 119 Å². The first-order valence-corrected chi connectivity index (χ1v) is 8.07. The second-order valence-corrected chi connectivity index (χ2v) is 7.16. The van der Waals surface area contributed by atoms with Crippen LogP contribution in [0.3, 0.4) is 0 Å². The quantitative estimate of drug-likeness (QED) is 0.887. The molecule has 2 N–H and O–H groups in total. The molecule has 0 aromatic carbocycles. The molecule has 3 rings (SSSR count). The second kappa shape index (κ2) is 5.13. The van der Waals surface area contributed by atoms with Crippen LogP contribution in [-0.4, -0.2) is 53.0 Å². The van der Waals surface area contributed by atoms with Crippen LogP contribution >= 0.6 is 11.3 Å². The Kier molecular flexibility index (Phi) is 3.64. The highest BCUT2D eigenvalue weighted by atomic mass is 32.1. The Morgan fingerprint density at radius 2 is 2.37 bits per heavy atom. The summed E-state index contributed by atoms with van der Waals surface area (Å²) in [5, 5.41) is 3.32. The Bertz CT molecular complexity index is 442. The number of likely N-dealkylation sites (N-methyl/N-ethyl adjacent to an activating group) is 1. The number of hydrogen-bond donors (Lipinski definition) is 1. The van der Waals surface area contributed by atoms with Gasteiger partial charge in [0.1, 0.15) is 0 Å². The van der Waals surface area contributed by atoms with Crippen molar-refractivity contribution in [1.82, 2.24) is 14.8 Å². The minimum atomic E-state index is 0.153. The number of nitrogens with zero attached hydrogens (tertiary/aromatic N) is 3. The van der Waals surface area contributed by atoms with Gasteiger partial charge in [-0.2, -0.15) is 0 Å². The average molecular weight is 280 g/mol. The molecule has 1 saturated carbocycles. The second-order valence-electron chi connectivity index (χ2n) is 6.09. The van der Waals surface area contributed by atoms with E-state index in [1.54, 1.807) is 11.3 Å². The van der Waals surface area contributed by atoms with Gasteiger partial charge in [0.15, 0.2) is 0 Å². The molecule has 0 spiro atoms. The van der Waals surface area contributed by atoms with Crippen molar-refractivity contribution in [2.45, 2.75) is 44.3 Å². The van der Waals surface area contributed by atoms with Gasteiger partial charge in [-0.25, -0.2) is 4.98 Å². The van der Waals surface area contributed by atoms with E-state index in [0.717, 1.165) is 30.7 Å². The minimum absolute atomic E-state index is 0.153. The van der Waals surface area contributed by atoms with Gasteiger partial charge >= 0.3 is 0 Å². The molecule has 2 fully saturated rings. The summed E-state index contributed by atoms with van der Waals surface area (Å²) in [5.41, 5.74) is 7.46. The highest BCUT2D eigenvalue weighted by Crippen LogP contribution is 2.35. The van der Waals surface area contributed by atoms with Gasteiger partial charge in [0, 0.05) is 43.1 Å². The van der Waals surface area contributed by atoms with E-state index < -0.39 is 0 Å². The molecule has 4 nitrogen and oxygen atoms in total. The third kappa shape index (κ3) is 2.70. The molecule has 2 aliphatic rings. The fraction of sp³-hybridized carbons (Fsp3) is 0.786. The lowest BCUT2D eigenvalue weighted by Gasteiger charge is -2.37. The molecule has 5 heteroatoms. The average Bonchev–Trinajstić information content (AvgIpc) is 3.02. The minimum Gasteiger partial charge on any atom is -0.329 e. The lowest BCUT2D eigenvalue weighted by molar-refractivity contribution is 0.119. The fourth-order valence-corrected chi connectivity index (χ4v) is 3.77. The Hall–Kier alpha value is -0.490. The zero-order valence-corrected chi connectivity index (χ0v) is 12.7. The van der Waals surface area contributed by atoms with E-state index in [9.17, 15) is 0 Å². The van der Waals surface area contributed by atoms with Gasteiger partial charge in [-0.3, -0.25) is 9.80 Å². The van der Waals surface area contributed by atoms with Crippen molar-refractivity contribution in [2.75, 3.05) is 26.7 Å². The molecular formula is C14H24N4S. The van der Waals surface area contributed by atoms with Crippen LogP contribution < -0.4 is 5.73 Å². The van der Waals surface area contributed by atoms with Crippen molar-refractivity contribution in [3.8, 4) is 0 Å². The number of aromatic nitrogens is 1. The molecule has 1 aliphatic heterocycles. The molecule has 0 radical (unpaired) electrons. The first-order valence-electron chi connectivity index (χ1n) is 7.19. The molecule has 0 amide bonds. The lowest BCUT2D eigenvalue weighted by Crippen LogP contribution is -2.53. The van der Waals surface area contributed by atoms with E-state index in [0.29, 0.717) is 0 Å². The van der Waals surface area contributed by atoms with Crippen LogP contribution in [0.4, 0.5) is 0 Å². The summed E-state index contributed by atoms with van der Waals surface area (Å²) in [6.45, 7) is 6.07. The summed E-state index contributed by atoms with van der Waals surface area (Å²) >= 11 is 1.73. The van der Waals surface area contributed by atoms with E-state index in [2.05, 4.69) is 34.1 Å². The first kappa shape index (κ1) is 13.5. The van der Waals surface area contributed by atoms with Crippen LogP contribution in [0, 0.1) is 6.92 Å². The summed E-state index contributed by atoms with van der Waals surface area (Å²) in [6, 6.07) is 0.850. The molecule has 1 unspecified atom stereocenters. The van der Waals surface area contributed by atoms with Gasteiger partial charge in [0.2, 0.25) is 0 Å². The Balaban J connectivity index is 1.67. The summed E-state index contributed by atoms with van der Waals surface area (Å²) in [5.74, 6) is 0. The number of nitrogens with two attached hydrogens (primary N) is 1. The van der Waals surface area contributed by atoms with Crippen LogP contribution in [0.1, 0.15) is 30.0 Å². The van der Waals surface area contributed by atoms with E-state index in [1.807, 2.05) is 0 Å². The van der Waals surface area contributed by atoms with Crippen LogP contribution in [0.5, 0.6) is 0 Å². The molecule has 1 saturated heterocycles. The summed E-state index contributed by atoms with van der Waals surface area (Å²) in [6.07, 6.45) is 3.96. The van der Waals surface area contributed by atoms with Crippen molar-refractivity contribution in [2.24, 2.45) is 5.73 Å². The SMILES string of the molecule is Cc1nc(CN(C)C2(CN)CCN(C3CC3)C2)cs1. The van der Waals surface area contributed by atoms with E-state index >= 15 is 0 Å². The van der Waals surface area contributed by atoms with Gasteiger partial charge in [0.25, 0.3) is 0 Å². The molecule has 1 aromatic heterocycles. The Morgan fingerprint density at radius 3 is 2.95 bits per heavy atom. The molecule has 1 aliphatic carbocycles. The zero-order valence-electron chi connectivity index (χ0n) is 11.9. The number of likely N-dealkylation sites (tertiary alicyclic amines) is 1. The zero-order chi connectivity index (χ0) is 13.5. The van der Waals surface area contributed by atoms with Gasteiger partial charge < -0.3 is 5.73 Å². The topological polar surface area (TPSA) is 45.4 Å². The van der Waals surface area contributed by atoms with Gasteiger partial charge in [-0.1, -0.05) is 0 Å². The van der Waals surface area contributed by atoms with Crippen molar-refractivity contribution in [3.63, 3.8) is 0 Å². The molecule has 19 heavy (non-hydrogen) atoms. The summed E-state index contributed by atoms with van der Waals surface area (Å²) in [7, 11) is 2.21. The maximum Gasteiger partial charge on any atom is 0.0897 e. The van der Waals surface area contributed by atoms with Gasteiger partial charge in [0.05, 0.1) is 10.7 Å². The van der Waals surface area contributed by atoms with E-state index in [1.165, 1.54) is 31.5 Å². The normalized spacial score (nSPS) is 28.4. The van der Waals surface area contributed by atoms with Crippen molar-refractivity contribution in [1.29, 1.82) is 0 Å². The Morgan fingerprint density at radius 1 is 1.58 bits per heavy atom. The third-order valence-electron chi connectivity index (χ3n) is 4.68. The molecule has 106 valence electrons. The first-order chi connectivity index (χ1) is 9.13. The predicted octanol–water partition coefficient (Wildman–Crippen LogP) is 1.45. The van der Waals surface area contributed by atoms with Crippen molar-refractivity contribution >= 4 is 11.3 Å². The standard InChI is InChI=1S/C14H24N4S/c1-11-16-12(8-19-11)7-17(2)14(9-15)5-6-18(10-14)13-3-4-13/h8,13H,3-7,9-10,15H2,1-2H3. The smallest absolute Gasteiger partial charge is 0.0897 e. The summed E-state index contributed by atoms with van der Waals surface area (Å²) < 4.78 is 0. The predicted molar refractivity (Wildman–Crippen MR) is 79.3 cm³/mol. The maximum absolute atomic E-state index is 6.13. The van der Waals surface area contributed by atoms with Crippen LogP contribution in [0.15, 0.2) is 5.38 Å². The van der Waals surface area contributed by atoms with E-state index in [4.69, 9.17) is 5.73 Å². The summed E-state index contributed by atoms with van der Waals surface area (Å²) in [4.78, 5) is 9.65. The molecular weight excluding hydrogens is 256 g/mol. The molecule has 0 bridgehead atoms. The molecule has 1 aromatic rings. The van der Waals surface area contributed by atoms with Crippen LogP contribution in [0.25, 0.3) is 0 Å². The largest absolute Gasteiger partial charge is 0.329 e. The lowest BCUT2D eigenvalue weighted by atomic mass is 9.96. The number of thiazole rings is 1. The highest BCUT2D eigenvalue weighted by molar-refractivity contribution is 7.09. The highest BCUT2D eigenvalue weighted by Gasteiger charge is 2.44. The van der Waals surface area contributed by atoms with Gasteiger partial charge in [-0.15, -0.1) is 11.3 Å². The van der Waals surface area contributed by atoms with Crippen molar-refractivity contribution < 1.29 is 0 Å². The molecule has 1 atom stereocenters. The molecule has 2 heterocycles. The van der Waals surface area contributed by atoms with Gasteiger partial charge in [-0.05, 0) is 33.2 Å². The number of rotatable bonds is 5. The fourth-order valence-electron chi connectivity index (χ4n) is 3.16.